The Hall–Kier alpha value is -3.04. The molecule has 8 nitrogen and oxygen atoms in total. The first-order chi connectivity index (χ1) is 15.9. The summed E-state index contributed by atoms with van der Waals surface area (Å²) < 4.78 is 12.0. The summed E-state index contributed by atoms with van der Waals surface area (Å²) in [4.78, 5) is 23.3. The summed E-state index contributed by atoms with van der Waals surface area (Å²) in [7, 11) is 0. The van der Waals surface area contributed by atoms with Crippen LogP contribution in [0.4, 0.5) is 5.82 Å². The van der Waals surface area contributed by atoms with Gasteiger partial charge in [-0.3, -0.25) is 9.69 Å². The van der Waals surface area contributed by atoms with Gasteiger partial charge in [-0.2, -0.15) is 0 Å². The Morgan fingerprint density at radius 1 is 1.33 bits per heavy atom. The van der Waals surface area contributed by atoms with Crippen LogP contribution in [-0.2, 0) is 11.3 Å². The lowest BCUT2D eigenvalue weighted by Crippen LogP contribution is -2.49. The number of hydrogen-bond donors (Lipinski definition) is 2. The third-order valence-electron chi connectivity index (χ3n) is 6.28. The Kier molecular flexibility index (Phi) is 5.99. The zero-order chi connectivity index (χ0) is 22.9. The number of nitrogen functional groups attached to an aromatic ring is 1. The van der Waals surface area contributed by atoms with Crippen molar-refractivity contribution >= 4 is 34.6 Å². The highest BCUT2D eigenvalue weighted by atomic mass is 32.2. The highest BCUT2D eigenvalue weighted by Gasteiger charge is 2.41. The second kappa shape index (κ2) is 9.07. The number of amides is 1. The molecule has 1 amide bonds. The SMILES string of the molecule is C=C(Oc1cnc2cc(CN3[C@@H]4CC[C@H]3CC(NC(C)=O)C4)oc2c1)Sc1cccnc1N. The number of carbonyl (C=O) groups excluding carboxylic acids is 1. The molecule has 2 saturated heterocycles. The van der Waals surface area contributed by atoms with E-state index in [-0.39, 0.29) is 11.9 Å². The third-order valence-corrected chi connectivity index (χ3v) is 7.16. The number of thioether (sulfide) groups is 1. The van der Waals surface area contributed by atoms with Gasteiger partial charge in [-0.25, -0.2) is 9.97 Å². The van der Waals surface area contributed by atoms with Crippen molar-refractivity contribution < 1.29 is 13.9 Å². The number of nitrogens with one attached hydrogen (secondary N) is 1. The maximum absolute atomic E-state index is 11.4. The monoisotopic (exact) mass is 465 g/mol. The van der Waals surface area contributed by atoms with Gasteiger partial charge in [0.25, 0.3) is 0 Å². The van der Waals surface area contributed by atoms with Crippen molar-refractivity contribution in [1.82, 2.24) is 20.2 Å². The number of fused-ring (bicyclic) bond motifs is 3. The number of rotatable bonds is 7. The molecule has 33 heavy (non-hydrogen) atoms. The van der Waals surface area contributed by atoms with Gasteiger partial charge in [-0.15, -0.1) is 0 Å². The molecular formula is C24H27N5O3S. The van der Waals surface area contributed by atoms with Crippen molar-refractivity contribution in [3.63, 3.8) is 0 Å². The summed E-state index contributed by atoms with van der Waals surface area (Å²) in [5.41, 5.74) is 7.37. The van der Waals surface area contributed by atoms with Crippen molar-refractivity contribution in [1.29, 1.82) is 0 Å². The fraction of sp³-hybridized carbons (Fsp3) is 0.375. The lowest BCUT2D eigenvalue weighted by atomic mass is 9.97. The summed E-state index contributed by atoms with van der Waals surface area (Å²) in [5.74, 6) is 1.94. The molecule has 2 aliphatic heterocycles. The molecule has 0 radical (unpaired) electrons. The molecule has 0 aromatic carbocycles. The zero-order valence-corrected chi connectivity index (χ0v) is 19.3. The van der Waals surface area contributed by atoms with E-state index in [1.807, 2.05) is 24.3 Å². The molecule has 3 atom stereocenters. The van der Waals surface area contributed by atoms with Crippen LogP contribution in [0.2, 0.25) is 0 Å². The summed E-state index contributed by atoms with van der Waals surface area (Å²) >= 11 is 1.31. The van der Waals surface area contributed by atoms with Crippen LogP contribution < -0.4 is 15.8 Å². The molecule has 0 aliphatic carbocycles. The lowest BCUT2D eigenvalue weighted by molar-refractivity contribution is -0.120. The maximum Gasteiger partial charge on any atom is 0.217 e. The van der Waals surface area contributed by atoms with Gasteiger partial charge in [0.2, 0.25) is 5.91 Å². The molecule has 0 saturated carbocycles. The molecule has 9 heteroatoms. The predicted octanol–water partition coefficient (Wildman–Crippen LogP) is 4.08. The van der Waals surface area contributed by atoms with E-state index < -0.39 is 0 Å². The molecule has 2 fully saturated rings. The van der Waals surface area contributed by atoms with Gasteiger partial charge in [0.15, 0.2) is 10.7 Å². The van der Waals surface area contributed by atoms with Crippen LogP contribution in [0.25, 0.3) is 11.1 Å². The van der Waals surface area contributed by atoms with Crippen molar-refractivity contribution in [2.24, 2.45) is 0 Å². The molecule has 3 N–H and O–H groups in total. The molecule has 3 aromatic heterocycles. The van der Waals surface area contributed by atoms with E-state index >= 15 is 0 Å². The number of furan rings is 1. The number of pyridine rings is 2. The molecule has 2 aliphatic rings. The maximum atomic E-state index is 11.4. The molecule has 172 valence electrons. The molecular weight excluding hydrogens is 438 g/mol. The van der Waals surface area contributed by atoms with Crippen molar-refractivity contribution in [3.8, 4) is 5.75 Å². The van der Waals surface area contributed by atoms with Gasteiger partial charge < -0.3 is 20.2 Å². The number of ether oxygens (including phenoxy) is 1. The van der Waals surface area contributed by atoms with Crippen LogP contribution in [0, 0.1) is 0 Å². The Labute approximate surface area is 196 Å². The number of carbonyl (C=O) groups is 1. The first-order valence-electron chi connectivity index (χ1n) is 11.1. The average molecular weight is 466 g/mol. The van der Waals surface area contributed by atoms with Crippen LogP contribution in [-0.4, -0.2) is 38.9 Å². The molecule has 5 rings (SSSR count). The second-order valence-electron chi connectivity index (χ2n) is 8.66. The van der Waals surface area contributed by atoms with E-state index in [2.05, 4.69) is 26.8 Å². The fourth-order valence-corrected chi connectivity index (χ4v) is 5.65. The Morgan fingerprint density at radius 2 is 2.12 bits per heavy atom. The van der Waals surface area contributed by atoms with E-state index in [0.717, 1.165) is 35.6 Å². The number of nitrogens with two attached hydrogens (primary N) is 1. The highest BCUT2D eigenvalue weighted by molar-refractivity contribution is 8.03. The summed E-state index contributed by atoms with van der Waals surface area (Å²) in [6, 6.07) is 8.75. The topological polar surface area (TPSA) is 107 Å². The number of nitrogens with zero attached hydrogens (tertiary/aromatic N) is 3. The quantitative estimate of drug-likeness (QED) is 0.397. The predicted molar refractivity (Wildman–Crippen MR) is 127 cm³/mol. The molecule has 5 heterocycles. The first kappa shape index (κ1) is 21.8. The average Bonchev–Trinajstić information content (AvgIpc) is 3.26. The molecule has 2 bridgehead atoms. The molecule has 0 spiro atoms. The van der Waals surface area contributed by atoms with E-state index in [1.165, 1.54) is 24.6 Å². The van der Waals surface area contributed by atoms with E-state index in [1.54, 1.807) is 19.3 Å². The summed E-state index contributed by atoms with van der Waals surface area (Å²) in [6.45, 7) is 6.30. The van der Waals surface area contributed by atoms with Crippen LogP contribution in [0.5, 0.6) is 5.75 Å². The summed E-state index contributed by atoms with van der Waals surface area (Å²) in [6.07, 6.45) is 7.63. The van der Waals surface area contributed by atoms with Gasteiger partial charge in [-0.1, -0.05) is 0 Å². The van der Waals surface area contributed by atoms with E-state index in [0.29, 0.717) is 34.3 Å². The molecule has 3 aromatic rings. The Balaban J connectivity index is 1.24. The van der Waals surface area contributed by atoms with Gasteiger partial charge in [0.1, 0.15) is 22.8 Å². The van der Waals surface area contributed by atoms with Gasteiger partial charge in [0, 0.05) is 43.4 Å². The van der Waals surface area contributed by atoms with Crippen LogP contribution in [0.15, 0.2) is 57.6 Å². The minimum atomic E-state index is 0.0548. The van der Waals surface area contributed by atoms with Crippen molar-refractivity contribution in [2.45, 2.75) is 62.2 Å². The minimum Gasteiger partial charge on any atom is -0.458 e. The zero-order valence-electron chi connectivity index (χ0n) is 18.5. The Bertz CT molecular complexity index is 1180. The van der Waals surface area contributed by atoms with E-state index in [9.17, 15) is 4.79 Å². The highest BCUT2D eigenvalue weighted by Crippen LogP contribution is 2.38. The Morgan fingerprint density at radius 3 is 2.85 bits per heavy atom. The van der Waals surface area contributed by atoms with Crippen LogP contribution >= 0.6 is 11.8 Å². The minimum absolute atomic E-state index is 0.0548. The van der Waals surface area contributed by atoms with Gasteiger partial charge in [0.05, 0.1) is 17.6 Å². The second-order valence-corrected chi connectivity index (χ2v) is 9.76. The number of aromatic nitrogens is 2. The largest absolute Gasteiger partial charge is 0.458 e. The smallest absolute Gasteiger partial charge is 0.217 e. The van der Waals surface area contributed by atoms with Gasteiger partial charge in [-0.05, 0) is 56.2 Å². The summed E-state index contributed by atoms with van der Waals surface area (Å²) in [5, 5.41) is 3.57. The molecule has 1 unspecified atom stereocenters. The lowest BCUT2D eigenvalue weighted by Gasteiger charge is -2.38. The number of piperidine rings is 1. The normalized spacial score (nSPS) is 22.4. The van der Waals surface area contributed by atoms with Crippen LogP contribution in [0.3, 0.4) is 0 Å². The fourth-order valence-electron chi connectivity index (χ4n) is 4.97. The van der Waals surface area contributed by atoms with Crippen molar-refractivity contribution in [2.75, 3.05) is 5.73 Å². The first-order valence-corrected chi connectivity index (χ1v) is 11.9. The van der Waals surface area contributed by atoms with Crippen molar-refractivity contribution in [3.05, 3.63) is 54.1 Å². The standard InChI is InChI=1S/C24H27N5O3S/c1-14(30)28-16-8-17-5-6-18(9-16)29(17)13-20-10-21-22(32-20)11-19(12-27-21)31-15(2)33-23-4-3-7-26-24(23)25/h3-4,7,10-12,16-18H,2,5-6,8-9,13H2,1H3,(H2,25,26)(H,28,30)/t16?,17-,18+. The number of hydrogen-bond acceptors (Lipinski definition) is 8. The van der Waals surface area contributed by atoms with Gasteiger partial charge >= 0.3 is 0 Å². The van der Waals surface area contributed by atoms with Crippen LogP contribution in [0.1, 0.15) is 38.4 Å². The van der Waals surface area contributed by atoms with E-state index in [4.69, 9.17) is 14.9 Å². The third kappa shape index (κ3) is 4.84. The number of anilines is 1.